The number of carbonyl (C=O) groups is 1. The van der Waals surface area contributed by atoms with Crippen molar-refractivity contribution in [1.82, 2.24) is 10.3 Å². The Labute approximate surface area is 162 Å². The van der Waals surface area contributed by atoms with Crippen LogP contribution in [0.2, 0.25) is 0 Å². The average Bonchev–Trinajstić information content (AvgIpc) is 3.00. The van der Waals surface area contributed by atoms with E-state index in [1.54, 1.807) is 11.3 Å². The second kappa shape index (κ2) is 7.93. The lowest BCUT2D eigenvalue weighted by molar-refractivity contribution is -0.120. The fraction of sp³-hybridized carbons (Fsp3) is 0.250. The Bertz CT molecular complexity index is 930. The molecular weight excluding hydrogens is 362 g/mol. The van der Waals surface area contributed by atoms with Crippen molar-refractivity contribution >= 4 is 50.5 Å². The van der Waals surface area contributed by atoms with Crippen LogP contribution in [0.4, 0.5) is 5.69 Å². The number of hydrogen-bond donors (Lipinski definition) is 2. The lowest BCUT2D eigenvalue weighted by atomic mass is 10.1. The molecule has 0 unspecified atom stereocenters. The summed E-state index contributed by atoms with van der Waals surface area (Å²) in [6.45, 7) is 6.01. The molecule has 0 aliphatic rings. The first kappa shape index (κ1) is 18.5. The zero-order valence-corrected chi connectivity index (χ0v) is 16.6. The molecule has 0 atom stereocenters. The fourth-order valence-electron chi connectivity index (χ4n) is 2.59. The molecule has 134 valence electrons. The van der Waals surface area contributed by atoms with Crippen LogP contribution in [-0.4, -0.2) is 16.0 Å². The smallest absolute Gasteiger partial charge is 0.226 e. The minimum absolute atomic E-state index is 0.0718. The summed E-state index contributed by atoms with van der Waals surface area (Å²) in [5.74, 6) is 0.222. The Balaban J connectivity index is 1.79. The van der Waals surface area contributed by atoms with Gasteiger partial charge in [-0.25, -0.2) is 4.98 Å². The van der Waals surface area contributed by atoms with Crippen LogP contribution < -0.4 is 10.6 Å². The number of benzene rings is 2. The Morgan fingerprint density at radius 2 is 2.00 bits per heavy atom. The molecule has 26 heavy (non-hydrogen) atoms. The van der Waals surface area contributed by atoms with E-state index in [0.717, 1.165) is 32.0 Å². The molecule has 3 rings (SSSR count). The van der Waals surface area contributed by atoms with Gasteiger partial charge < -0.3 is 10.6 Å². The van der Waals surface area contributed by atoms with E-state index >= 15 is 0 Å². The van der Waals surface area contributed by atoms with E-state index in [1.807, 2.05) is 51.1 Å². The molecule has 1 heterocycles. The molecule has 1 amide bonds. The summed E-state index contributed by atoms with van der Waals surface area (Å²) < 4.78 is 1.16. The predicted octanol–water partition coefficient (Wildman–Crippen LogP) is 5.13. The van der Waals surface area contributed by atoms with Gasteiger partial charge in [-0.3, -0.25) is 4.79 Å². The largest absolute Gasteiger partial charge is 0.332 e. The van der Waals surface area contributed by atoms with Gasteiger partial charge in [0, 0.05) is 17.7 Å². The highest BCUT2D eigenvalue weighted by Crippen LogP contribution is 2.32. The summed E-state index contributed by atoms with van der Waals surface area (Å²) in [6.07, 6.45) is 0.451. The van der Waals surface area contributed by atoms with Gasteiger partial charge in [0.25, 0.3) is 0 Å². The molecule has 6 heteroatoms. The van der Waals surface area contributed by atoms with Crippen molar-refractivity contribution in [3.05, 3.63) is 48.0 Å². The van der Waals surface area contributed by atoms with Crippen LogP contribution in [0.1, 0.15) is 25.8 Å². The van der Waals surface area contributed by atoms with Crippen molar-refractivity contribution in [1.29, 1.82) is 0 Å². The van der Waals surface area contributed by atoms with Crippen molar-refractivity contribution in [3.8, 4) is 10.6 Å². The number of para-hydroxylation sites is 1. The number of aromatic nitrogens is 1. The summed E-state index contributed by atoms with van der Waals surface area (Å²) >= 11 is 6.94. The van der Waals surface area contributed by atoms with Gasteiger partial charge in [-0.1, -0.05) is 38.1 Å². The SMILES string of the molecule is Cc1ccc(-c2nc3ccccc3s2)cc1NC(=S)NC(=O)CC(C)C. The zero-order valence-electron chi connectivity index (χ0n) is 15.0. The normalized spacial score (nSPS) is 10.9. The van der Waals surface area contributed by atoms with Crippen molar-refractivity contribution < 1.29 is 4.79 Å². The molecule has 4 nitrogen and oxygen atoms in total. The Hall–Kier alpha value is -2.31. The predicted molar refractivity (Wildman–Crippen MR) is 114 cm³/mol. The summed E-state index contributed by atoms with van der Waals surface area (Å²) in [7, 11) is 0. The van der Waals surface area contributed by atoms with E-state index in [4.69, 9.17) is 17.2 Å². The van der Waals surface area contributed by atoms with Crippen molar-refractivity contribution in [3.63, 3.8) is 0 Å². The molecule has 0 saturated heterocycles. The first-order chi connectivity index (χ1) is 12.4. The zero-order chi connectivity index (χ0) is 18.7. The van der Waals surface area contributed by atoms with Gasteiger partial charge >= 0.3 is 0 Å². The molecule has 2 N–H and O–H groups in total. The maximum atomic E-state index is 11.9. The number of thiazole rings is 1. The molecular formula is C20H21N3OS2. The second-order valence-electron chi connectivity index (χ2n) is 6.62. The van der Waals surface area contributed by atoms with Crippen LogP contribution in [0.5, 0.6) is 0 Å². The van der Waals surface area contributed by atoms with Gasteiger partial charge in [0.1, 0.15) is 5.01 Å². The molecule has 1 aromatic heterocycles. The third kappa shape index (κ3) is 4.45. The fourth-order valence-corrected chi connectivity index (χ4v) is 3.77. The van der Waals surface area contributed by atoms with Gasteiger partial charge in [0.2, 0.25) is 5.91 Å². The number of amides is 1. The lowest BCUT2D eigenvalue weighted by Gasteiger charge is -2.13. The van der Waals surface area contributed by atoms with Gasteiger partial charge in [-0.05, 0) is 48.8 Å². The van der Waals surface area contributed by atoms with Gasteiger partial charge in [0.05, 0.1) is 10.2 Å². The first-order valence-electron chi connectivity index (χ1n) is 8.50. The van der Waals surface area contributed by atoms with Crippen LogP contribution >= 0.6 is 23.6 Å². The second-order valence-corrected chi connectivity index (χ2v) is 8.06. The van der Waals surface area contributed by atoms with Crippen molar-refractivity contribution in [2.45, 2.75) is 27.2 Å². The number of nitrogens with zero attached hydrogens (tertiary/aromatic N) is 1. The third-order valence-corrected chi connectivity index (χ3v) is 5.16. The molecule has 0 aliphatic carbocycles. The van der Waals surface area contributed by atoms with Gasteiger partial charge in [0.15, 0.2) is 5.11 Å². The summed E-state index contributed by atoms with van der Waals surface area (Å²) in [6, 6.07) is 14.2. The minimum Gasteiger partial charge on any atom is -0.332 e. The van der Waals surface area contributed by atoms with E-state index < -0.39 is 0 Å². The topological polar surface area (TPSA) is 54.0 Å². The molecule has 0 saturated carbocycles. The number of thiocarbonyl (C=S) groups is 1. The van der Waals surface area contributed by atoms with Crippen LogP contribution in [0.25, 0.3) is 20.8 Å². The van der Waals surface area contributed by atoms with Crippen LogP contribution in [0.3, 0.4) is 0 Å². The average molecular weight is 384 g/mol. The summed E-state index contributed by atoms with van der Waals surface area (Å²) in [4.78, 5) is 16.6. The molecule has 0 aliphatic heterocycles. The standard InChI is InChI=1S/C20H21N3OS2/c1-12(2)10-18(24)23-20(25)22-16-11-14(9-8-13(16)3)19-21-15-6-4-5-7-17(15)26-19/h4-9,11-12H,10H2,1-3H3,(H2,22,23,24,25). The van der Waals surface area contributed by atoms with E-state index in [1.165, 1.54) is 0 Å². The minimum atomic E-state index is -0.0718. The van der Waals surface area contributed by atoms with E-state index in [2.05, 4.69) is 22.8 Å². The molecule has 0 radical (unpaired) electrons. The quantitative estimate of drug-likeness (QED) is 0.613. The highest BCUT2D eigenvalue weighted by Gasteiger charge is 2.11. The molecule has 3 aromatic rings. The van der Waals surface area contributed by atoms with E-state index in [-0.39, 0.29) is 5.91 Å². The van der Waals surface area contributed by atoms with Crippen molar-refractivity contribution in [2.75, 3.05) is 5.32 Å². The number of carbonyl (C=O) groups excluding carboxylic acids is 1. The number of aryl methyl sites for hydroxylation is 1. The summed E-state index contributed by atoms with van der Waals surface area (Å²) in [5, 5.41) is 7.15. The lowest BCUT2D eigenvalue weighted by Crippen LogP contribution is -2.34. The van der Waals surface area contributed by atoms with Crippen LogP contribution in [0.15, 0.2) is 42.5 Å². The number of hydrogen-bond acceptors (Lipinski definition) is 4. The number of anilines is 1. The maximum Gasteiger partial charge on any atom is 0.226 e. The maximum absolute atomic E-state index is 11.9. The number of rotatable bonds is 4. The monoisotopic (exact) mass is 383 g/mol. The van der Waals surface area contributed by atoms with Gasteiger partial charge in [-0.2, -0.15) is 0 Å². The Kier molecular flexibility index (Phi) is 5.64. The third-order valence-electron chi connectivity index (χ3n) is 3.87. The Morgan fingerprint density at radius 3 is 2.73 bits per heavy atom. The molecule has 2 aromatic carbocycles. The molecule has 0 fully saturated rings. The summed E-state index contributed by atoms with van der Waals surface area (Å²) in [5.41, 5.74) is 3.95. The van der Waals surface area contributed by atoms with Crippen LogP contribution in [-0.2, 0) is 4.79 Å². The highest BCUT2D eigenvalue weighted by atomic mass is 32.1. The van der Waals surface area contributed by atoms with Gasteiger partial charge in [-0.15, -0.1) is 11.3 Å². The van der Waals surface area contributed by atoms with E-state index in [0.29, 0.717) is 17.5 Å². The van der Waals surface area contributed by atoms with Crippen LogP contribution in [0, 0.1) is 12.8 Å². The Morgan fingerprint density at radius 1 is 1.23 bits per heavy atom. The van der Waals surface area contributed by atoms with Crippen molar-refractivity contribution in [2.24, 2.45) is 5.92 Å². The first-order valence-corrected chi connectivity index (χ1v) is 9.72. The number of nitrogens with one attached hydrogen (secondary N) is 2. The van der Waals surface area contributed by atoms with E-state index in [9.17, 15) is 4.79 Å². The highest BCUT2D eigenvalue weighted by molar-refractivity contribution is 7.80. The number of fused-ring (bicyclic) bond motifs is 1. The molecule has 0 spiro atoms. The molecule has 0 bridgehead atoms.